The van der Waals surface area contributed by atoms with E-state index in [-0.39, 0.29) is 5.91 Å². The number of unbranched alkanes of at least 4 members (excludes halogenated alkanes) is 3. The van der Waals surface area contributed by atoms with Crippen LogP contribution in [0.4, 0.5) is 0 Å². The third-order valence-electron chi connectivity index (χ3n) is 3.38. The number of hydrogen-bond acceptors (Lipinski definition) is 5. The van der Waals surface area contributed by atoms with Crippen molar-refractivity contribution in [3.8, 4) is 17.2 Å². The first-order chi connectivity index (χ1) is 11.2. The molecule has 23 heavy (non-hydrogen) atoms. The molecule has 0 aliphatic rings. The van der Waals surface area contributed by atoms with Gasteiger partial charge >= 0.3 is 0 Å². The summed E-state index contributed by atoms with van der Waals surface area (Å²) in [5.41, 5.74) is 3.22. The van der Waals surface area contributed by atoms with Gasteiger partial charge in [-0.3, -0.25) is 4.79 Å². The minimum absolute atomic E-state index is 0.0863. The van der Waals surface area contributed by atoms with Gasteiger partial charge in [0.25, 0.3) is 0 Å². The van der Waals surface area contributed by atoms with Crippen LogP contribution in [0.3, 0.4) is 0 Å². The number of benzene rings is 1. The quantitative estimate of drug-likeness (QED) is 0.408. The van der Waals surface area contributed by atoms with Crippen LogP contribution in [0.15, 0.2) is 17.2 Å². The van der Waals surface area contributed by atoms with Crippen LogP contribution in [-0.4, -0.2) is 33.5 Å². The van der Waals surface area contributed by atoms with E-state index in [1.54, 1.807) is 33.5 Å². The maximum atomic E-state index is 11.7. The number of methoxy groups -OCH3 is 3. The van der Waals surface area contributed by atoms with Crippen molar-refractivity contribution in [1.29, 1.82) is 0 Å². The number of rotatable bonds is 10. The molecule has 128 valence electrons. The van der Waals surface area contributed by atoms with Crippen molar-refractivity contribution in [2.45, 2.75) is 39.0 Å². The van der Waals surface area contributed by atoms with Gasteiger partial charge in [-0.2, -0.15) is 5.10 Å². The van der Waals surface area contributed by atoms with Gasteiger partial charge in [-0.15, -0.1) is 0 Å². The van der Waals surface area contributed by atoms with E-state index in [0.717, 1.165) is 25.7 Å². The normalized spacial score (nSPS) is 10.6. The maximum absolute atomic E-state index is 11.7. The van der Waals surface area contributed by atoms with Gasteiger partial charge in [0.2, 0.25) is 11.7 Å². The summed E-state index contributed by atoms with van der Waals surface area (Å²) >= 11 is 0. The van der Waals surface area contributed by atoms with Crippen LogP contribution in [0.2, 0.25) is 0 Å². The molecule has 0 aromatic heterocycles. The van der Waals surface area contributed by atoms with Gasteiger partial charge < -0.3 is 14.2 Å². The molecule has 1 aromatic carbocycles. The number of carbonyl (C=O) groups is 1. The number of amides is 1. The van der Waals surface area contributed by atoms with Crippen LogP contribution in [0.1, 0.15) is 44.6 Å². The average molecular weight is 322 g/mol. The molecule has 0 radical (unpaired) electrons. The molecule has 0 heterocycles. The third-order valence-corrected chi connectivity index (χ3v) is 3.38. The minimum Gasteiger partial charge on any atom is -0.493 e. The lowest BCUT2D eigenvalue weighted by atomic mass is 10.1. The fourth-order valence-electron chi connectivity index (χ4n) is 2.17. The van der Waals surface area contributed by atoms with Crippen molar-refractivity contribution in [2.75, 3.05) is 21.3 Å². The molecule has 1 N–H and O–H groups in total. The lowest BCUT2D eigenvalue weighted by Crippen LogP contribution is -2.17. The second-order valence-corrected chi connectivity index (χ2v) is 5.03. The number of nitrogens with one attached hydrogen (secondary N) is 1. The second-order valence-electron chi connectivity index (χ2n) is 5.03. The summed E-state index contributed by atoms with van der Waals surface area (Å²) < 4.78 is 15.9. The Kier molecular flexibility index (Phi) is 8.57. The highest BCUT2D eigenvalue weighted by Crippen LogP contribution is 2.38. The predicted octanol–water partition coefficient (Wildman–Crippen LogP) is 3.13. The maximum Gasteiger partial charge on any atom is 0.240 e. The Morgan fingerprint density at radius 3 is 2.43 bits per heavy atom. The Labute approximate surface area is 137 Å². The van der Waals surface area contributed by atoms with Crippen molar-refractivity contribution in [2.24, 2.45) is 5.10 Å². The Morgan fingerprint density at radius 1 is 1.09 bits per heavy atom. The molecule has 1 amide bonds. The Bertz CT molecular complexity index is 530. The smallest absolute Gasteiger partial charge is 0.240 e. The van der Waals surface area contributed by atoms with E-state index in [9.17, 15) is 4.79 Å². The van der Waals surface area contributed by atoms with E-state index in [2.05, 4.69) is 17.5 Å². The van der Waals surface area contributed by atoms with E-state index in [1.165, 1.54) is 6.21 Å². The van der Waals surface area contributed by atoms with Gasteiger partial charge in [0.05, 0.1) is 27.5 Å². The molecule has 1 rings (SSSR count). The van der Waals surface area contributed by atoms with Gasteiger partial charge in [0, 0.05) is 12.0 Å². The summed E-state index contributed by atoms with van der Waals surface area (Å²) in [6, 6.07) is 3.55. The molecule has 0 bridgehead atoms. The van der Waals surface area contributed by atoms with Crippen molar-refractivity contribution in [3.63, 3.8) is 0 Å². The predicted molar refractivity (Wildman–Crippen MR) is 90.6 cm³/mol. The summed E-state index contributed by atoms with van der Waals surface area (Å²) in [5.74, 6) is 1.48. The number of carbonyl (C=O) groups excluding carboxylic acids is 1. The molecule has 0 saturated carbocycles. The SMILES string of the molecule is CCCCCCC(=O)N/N=C/c1ccc(OC)c(OC)c1OC. The van der Waals surface area contributed by atoms with Crippen molar-refractivity contribution in [1.82, 2.24) is 5.43 Å². The van der Waals surface area contributed by atoms with Crippen molar-refractivity contribution < 1.29 is 19.0 Å². The third kappa shape index (κ3) is 5.81. The molecule has 0 aliphatic carbocycles. The summed E-state index contributed by atoms with van der Waals surface area (Å²) in [6.07, 6.45) is 6.27. The van der Waals surface area contributed by atoms with E-state index >= 15 is 0 Å². The van der Waals surface area contributed by atoms with E-state index < -0.39 is 0 Å². The van der Waals surface area contributed by atoms with Crippen molar-refractivity contribution in [3.05, 3.63) is 17.7 Å². The standard InChI is InChI=1S/C17H26N2O4/c1-5-6-7-8-9-15(20)19-18-12-13-10-11-14(21-2)17(23-4)16(13)22-3/h10-12H,5-9H2,1-4H3,(H,19,20)/b18-12+. The highest BCUT2D eigenvalue weighted by atomic mass is 16.5. The van der Waals surface area contributed by atoms with Crippen LogP contribution >= 0.6 is 0 Å². The molecule has 0 spiro atoms. The highest BCUT2D eigenvalue weighted by molar-refractivity contribution is 5.87. The van der Waals surface area contributed by atoms with E-state index in [4.69, 9.17) is 14.2 Å². The van der Waals surface area contributed by atoms with Crippen LogP contribution in [-0.2, 0) is 4.79 Å². The summed E-state index contributed by atoms with van der Waals surface area (Å²) in [7, 11) is 4.64. The zero-order chi connectivity index (χ0) is 17.1. The van der Waals surface area contributed by atoms with Gasteiger partial charge in [0.1, 0.15) is 0 Å². The molecule has 1 aromatic rings. The first-order valence-corrected chi connectivity index (χ1v) is 7.78. The van der Waals surface area contributed by atoms with Gasteiger partial charge in [-0.25, -0.2) is 5.43 Å². The molecule has 0 aliphatic heterocycles. The van der Waals surface area contributed by atoms with Gasteiger partial charge in [0.15, 0.2) is 11.5 Å². The van der Waals surface area contributed by atoms with Gasteiger partial charge in [-0.1, -0.05) is 26.2 Å². The molecular formula is C17H26N2O4. The van der Waals surface area contributed by atoms with E-state index in [0.29, 0.717) is 29.2 Å². The lowest BCUT2D eigenvalue weighted by molar-refractivity contribution is -0.121. The first kappa shape index (κ1) is 18.8. The Morgan fingerprint density at radius 2 is 1.83 bits per heavy atom. The zero-order valence-electron chi connectivity index (χ0n) is 14.3. The zero-order valence-corrected chi connectivity index (χ0v) is 14.3. The largest absolute Gasteiger partial charge is 0.493 e. The van der Waals surface area contributed by atoms with Crippen LogP contribution in [0.5, 0.6) is 17.2 Å². The minimum atomic E-state index is -0.0863. The molecular weight excluding hydrogens is 296 g/mol. The molecule has 0 saturated heterocycles. The highest BCUT2D eigenvalue weighted by Gasteiger charge is 2.14. The lowest BCUT2D eigenvalue weighted by Gasteiger charge is -2.13. The summed E-state index contributed by atoms with van der Waals surface area (Å²) in [6.45, 7) is 2.14. The number of ether oxygens (including phenoxy) is 3. The molecule has 0 fully saturated rings. The molecule has 0 atom stereocenters. The van der Waals surface area contributed by atoms with E-state index in [1.807, 2.05) is 0 Å². The van der Waals surface area contributed by atoms with Crippen LogP contribution < -0.4 is 19.6 Å². The summed E-state index contributed by atoms with van der Waals surface area (Å²) in [4.78, 5) is 11.7. The second kappa shape index (κ2) is 10.5. The van der Waals surface area contributed by atoms with Crippen LogP contribution in [0.25, 0.3) is 0 Å². The summed E-state index contributed by atoms with van der Waals surface area (Å²) in [5, 5.41) is 3.98. The number of hydrazone groups is 1. The fourth-order valence-corrected chi connectivity index (χ4v) is 2.17. The fraction of sp³-hybridized carbons (Fsp3) is 0.529. The molecule has 0 unspecified atom stereocenters. The van der Waals surface area contributed by atoms with Crippen LogP contribution in [0, 0.1) is 0 Å². The monoisotopic (exact) mass is 322 g/mol. The Balaban J connectivity index is 2.67. The van der Waals surface area contributed by atoms with Crippen molar-refractivity contribution >= 4 is 12.1 Å². The Hall–Kier alpha value is -2.24. The number of nitrogens with zero attached hydrogens (tertiary/aromatic N) is 1. The topological polar surface area (TPSA) is 69.2 Å². The first-order valence-electron chi connectivity index (χ1n) is 7.78. The number of hydrogen-bond donors (Lipinski definition) is 1. The molecule has 6 heteroatoms. The van der Waals surface area contributed by atoms with Gasteiger partial charge in [-0.05, 0) is 18.6 Å². The average Bonchev–Trinajstić information content (AvgIpc) is 2.57. The molecule has 6 nitrogen and oxygen atoms in total.